The third kappa shape index (κ3) is 3.38. The molecule has 3 rings (SSSR count). The van der Waals surface area contributed by atoms with Crippen LogP contribution >= 0.6 is 0 Å². The standard InChI is InChI=1S/C19H20N4O2/c1-13-7-9-14(10-8-13)15-12-17(25-21-15)19(24)23(4)16-6-5-11-20-18(16)22(2)3/h5-12H,1-4H3. The number of benzene rings is 1. The van der Waals surface area contributed by atoms with E-state index in [2.05, 4.69) is 10.1 Å². The molecule has 0 saturated heterocycles. The molecule has 0 bridgehead atoms. The molecule has 0 N–H and O–H groups in total. The Balaban J connectivity index is 1.88. The van der Waals surface area contributed by atoms with Gasteiger partial charge in [-0.15, -0.1) is 0 Å². The highest BCUT2D eigenvalue weighted by Gasteiger charge is 2.22. The molecule has 128 valence electrons. The molecule has 0 aliphatic rings. The van der Waals surface area contributed by atoms with E-state index < -0.39 is 0 Å². The van der Waals surface area contributed by atoms with Gasteiger partial charge in [0.15, 0.2) is 5.82 Å². The van der Waals surface area contributed by atoms with E-state index in [4.69, 9.17) is 4.52 Å². The Kier molecular flexibility index (Phi) is 4.52. The van der Waals surface area contributed by atoms with Crippen molar-refractivity contribution in [3.8, 4) is 11.3 Å². The minimum absolute atomic E-state index is 0.187. The predicted molar refractivity (Wildman–Crippen MR) is 98.0 cm³/mol. The maximum Gasteiger partial charge on any atom is 0.296 e. The van der Waals surface area contributed by atoms with Crippen molar-refractivity contribution in [2.24, 2.45) is 0 Å². The van der Waals surface area contributed by atoms with Crippen LogP contribution in [0.5, 0.6) is 0 Å². The average Bonchev–Trinajstić information content (AvgIpc) is 3.11. The monoisotopic (exact) mass is 336 g/mol. The lowest BCUT2D eigenvalue weighted by atomic mass is 10.1. The molecule has 0 unspecified atom stereocenters. The number of carbonyl (C=O) groups is 1. The van der Waals surface area contributed by atoms with Crippen LogP contribution in [0.3, 0.4) is 0 Å². The highest BCUT2D eigenvalue weighted by atomic mass is 16.5. The molecule has 0 fully saturated rings. The zero-order chi connectivity index (χ0) is 18.0. The normalized spacial score (nSPS) is 10.6. The molecule has 1 aromatic carbocycles. The second-order valence-electron chi connectivity index (χ2n) is 6.05. The van der Waals surface area contributed by atoms with Crippen molar-refractivity contribution in [3.63, 3.8) is 0 Å². The maximum atomic E-state index is 12.8. The maximum absolute atomic E-state index is 12.8. The number of aromatic nitrogens is 2. The molecule has 6 nitrogen and oxygen atoms in total. The van der Waals surface area contributed by atoms with Gasteiger partial charge >= 0.3 is 0 Å². The molecule has 6 heteroatoms. The Morgan fingerprint density at radius 1 is 1.08 bits per heavy atom. The van der Waals surface area contributed by atoms with E-state index in [1.54, 1.807) is 25.4 Å². The van der Waals surface area contributed by atoms with E-state index >= 15 is 0 Å². The van der Waals surface area contributed by atoms with Crippen molar-refractivity contribution in [1.29, 1.82) is 0 Å². The van der Waals surface area contributed by atoms with Crippen LogP contribution in [0.2, 0.25) is 0 Å². The molecule has 0 saturated carbocycles. The molecule has 0 atom stereocenters. The van der Waals surface area contributed by atoms with Gasteiger partial charge in [-0.2, -0.15) is 0 Å². The van der Waals surface area contributed by atoms with Crippen molar-refractivity contribution in [2.45, 2.75) is 6.92 Å². The van der Waals surface area contributed by atoms with Gasteiger partial charge in [0.1, 0.15) is 5.69 Å². The second-order valence-corrected chi connectivity index (χ2v) is 6.05. The zero-order valence-electron chi connectivity index (χ0n) is 14.7. The van der Waals surface area contributed by atoms with Crippen LogP contribution in [-0.4, -0.2) is 37.2 Å². The number of hydrogen-bond donors (Lipinski definition) is 0. The van der Waals surface area contributed by atoms with E-state index in [0.29, 0.717) is 17.2 Å². The Bertz CT molecular complexity index is 884. The predicted octanol–water partition coefficient (Wildman–Crippen LogP) is 3.39. The van der Waals surface area contributed by atoms with Gasteiger partial charge in [0.05, 0.1) is 5.69 Å². The summed E-state index contributed by atoms with van der Waals surface area (Å²) in [5.74, 6) is 0.616. The minimum atomic E-state index is -0.276. The fourth-order valence-electron chi connectivity index (χ4n) is 2.51. The summed E-state index contributed by atoms with van der Waals surface area (Å²) in [5, 5.41) is 4.02. The molecule has 0 aliphatic carbocycles. The summed E-state index contributed by atoms with van der Waals surface area (Å²) in [6, 6.07) is 13.2. The van der Waals surface area contributed by atoms with Gasteiger partial charge in [0.25, 0.3) is 5.91 Å². The highest BCUT2D eigenvalue weighted by Crippen LogP contribution is 2.26. The number of rotatable bonds is 4. The first-order valence-electron chi connectivity index (χ1n) is 7.91. The van der Waals surface area contributed by atoms with Crippen molar-refractivity contribution >= 4 is 17.4 Å². The minimum Gasteiger partial charge on any atom is -0.361 e. The molecule has 25 heavy (non-hydrogen) atoms. The Hall–Kier alpha value is -3.15. The lowest BCUT2D eigenvalue weighted by Gasteiger charge is -2.22. The number of aryl methyl sites for hydroxylation is 1. The average molecular weight is 336 g/mol. The van der Waals surface area contributed by atoms with Crippen LogP contribution in [0.1, 0.15) is 16.1 Å². The van der Waals surface area contributed by atoms with Gasteiger partial charge in [-0.3, -0.25) is 4.79 Å². The molecule has 0 aliphatic heterocycles. The lowest BCUT2D eigenvalue weighted by Crippen LogP contribution is -2.28. The molecule has 0 spiro atoms. The summed E-state index contributed by atoms with van der Waals surface area (Å²) in [6.07, 6.45) is 1.70. The number of hydrogen-bond acceptors (Lipinski definition) is 5. The van der Waals surface area contributed by atoms with E-state index in [1.165, 1.54) is 4.90 Å². The third-order valence-electron chi connectivity index (χ3n) is 3.92. The fraction of sp³-hybridized carbons (Fsp3) is 0.211. The molecule has 2 aromatic heterocycles. The second kappa shape index (κ2) is 6.76. The summed E-state index contributed by atoms with van der Waals surface area (Å²) in [7, 11) is 5.46. The van der Waals surface area contributed by atoms with Gasteiger partial charge in [-0.1, -0.05) is 35.0 Å². The first kappa shape index (κ1) is 16.7. The van der Waals surface area contributed by atoms with Crippen LogP contribution in [0.4, 0.5) is 11.5 Å². The first-order valence-corrected chi connectivity index (χ1v) is 7.91. The van der Waals surface area contributed by atoms with Crippen molar-refractivity contribution in [2.75, 3.05) is 30.9 Å². The highest BCUT2D eigenvalue weighted by molar-refractivity contribution is 6.05. The summed E-state index contributed by atoms with van der Waals surface area (Å²) >= 11 is 0. The topological polar surface area (TPSA) is 62.5 Å². The van der Waals surface area contributed by atoms with Gasteiger partial charge in [0.2, 0.25) is 5.76 Å². The summed E-state index contributed by atoms with van der Waals surface area (Å²) < 4.78 is 5.28. The summed E-state index contributed by atoms with van der Waals surface area (Å²) in [6.45, 7) is 2.02. The van der Waals surface area contributed by atoms with Crippen LogP contribution in [-0.2, 0) is 0 Å². The van der Waals surface area contributed by atoms with E-state index in [9.17, 15) is 4.79 Å². The van der Waals surface area contributed by atoms with E-state index in [0.717, 1.165) is 11.1 Å². The summed E-state index contributed by atoms with van der Waals surface area (Å²) in [4.78, 5) is 20.5. The van der Waals surface area contributed by atoms with Crippen LogP contribution in [0.25, 0.3) is 11.3 Å². The van der Waals surface area contributed by atoms with Crippen LogP contribution in [0, 0.1) is 6.92 Å². The molecule has 0 radical (unpaired) electrons. The molecule has 3 aromatic rings. The van der Waals surface area contributed by atoms with Crippen LogP contribution in [0.15, 0.2) is 53.2 Å². The number of nitrogens with zero attached hydrogens (tertiary/aromatic N) is 4. The fourth-order valence-corrected chi connectivity index (χ4v) is 2.51. The lowest BCUT2D eigenvalue weighted by molar-refractivity contribution is 0.0957. The zero-order valence-corrected chi connectivity index (χ0v) is 14.7. The van der Waals surface area contributed by atoms with Crippen molar-refractivity contribution in [1.82, 2.24) is 10.1 Å². The van der Waals surface area contributed by atoms with Gasteiger partial charge in [-0.05, 0) is 19.1 Å². The first-order chi connectivity index (χ1) is 12.0. The SMILES string of the molecule is Cc1ccc(-c2cc(C(=O)N(C)c3cccnc3N(C)C)on2)cc1. The largest absolute Gasteiger partial charge is 0.361 e. The van der Waals surface area contributed by atoms with Gasteiger partial charge in [0, 0.05) is 39.0 Å². The number of amides is 1. The van der Waals surface area contributed by atoms with E-state index in [-0.39, 0.29) is 11.7 Å². The van der Waals surface area contributed by atoms with Gasteiger partial charge in [-0.25, -0.2) is 4.98 Å². The van der Waals surface area contributed by atoms with E-state index in [1.807, 2.05) is 56.3 Å². The number of pyridine rings is 1. The summed E-state index contributed by atoms with van der Waals surface area (Å²) in [5.41, 5.74) is 3.41. The number of anilines is 2. The van der Waals surface area contributed by atoms with Gasteiger partial charge < -0.3 is 14.3 Å². The molecule has 1 amide bonds. The Morgan fingerprint density at radius 3 is 2.48 bits per heavy atom. The van der Waals surface area contributed by atoms with Crippen molar-refractivity contribution < 1.29 is 9.32 Å². The molecule has 2 heterocycles. The molecular weight excluding hydrogens is 316 g/mol. The molecular formula is C19H20N4O2. The third-order valence-corrected chi connectivity index (χ3v) is 3.92. The number of carbonyl (C=O) groups excluding carboxylic acids is 1. The quantitative estimate of drug-likeness (QED) is 0.731. The Morgan fingerprint density at radius 2 is 1.80 bits per heavy atom. The smallest absolute Gasteiger partial charge is 0.296 e. The van der Waals surface area contributed by atoms with Crippen LogP contribution < -0.4 is 9.80 Å². The van der Waals surface area contributed by atoms with Crippen molar-refractivity contribution in [3.05, 3.63) is 60.0 Å². The Labute approximate surface area is 146 Å².